The fraction of sp³-hybridized carbons (Fsp3) is 0.429. The number of fused-ring (bicyclic) bond motifs is 1. The van der Waals surface area contributed by atoms with Gasteiger partial charge in [-0.1, -0.05) is 23.7 Å². The molecule has 1 heterocycles. The summed E-state index contributed by atoms with van der Waals surface area (Å²) in [5, 5.41) is 0. The number of carbonyl (C=O) groups excluding carboxylic acids is 2. The third kappa shape index (κ3) is 2.24. The molecule has 0 aromatic rings. The van der Waals surface area contributed by atoms with E-state index in [1.54, 1.807) is 24.1 Å². The van der Waals surface area contributed by atoms with Gasteiger partial charge >= 0.3 is 5.97 Å². The van der Waals surface area contributed by atoms with Crippen molar-refractivity contribution in [3.63, 3.8) is 0 Å². The van der Waals surface area contributed by atoms with E-state index >= 15 is 0 Å². The summed E-state index contributed by atoms with van der Waals surface area (Å²) in [5.41, 5.74) is 0. The number of rotatable bonds is 1. The van der Waals surface area contributed by atoms with Crippen LogP contribution in [0, 0.1) is 29.6 Å². The van der Waals surface area contributed by atoms with Crippen LogP contribution in [0.2, 0.25) is 0 Å². The molecule has 1 aliphatic heterocycles. The minimum atomic E-state index is -0.584. The van der Waals surface area contributed by atoms with Gasteiger partial charge in [-0.2, -0.15) is 0 Å². The summed E-state index contributed by atoms with van der Waals surface area (Å²) in [5.74, 6) is 10.8. The van der Waals surface area contributed by atoms with Gasteiger partial charge in [-0.25, -0.2) is 0 Å². The first kappa shape index (κ1) is 12.3. The van der Waals surface area contributed by atoms with Gasteiger partial charge in [-0.05, 0) is 12.2 Å². The van der Waals surface area contributed by atoms with Crippen LogP contribution >= 0.6 is 0 Å². The Hall–Kier alpha value is -2.20. The predicted octanol–water partition coefficient (Wildman–Crippen LogP) is 0.342. The number of hydrogen-bond acceptors (Lipinski definition) is 3. The first-order chi connectivity index (χ1) is 8.61. The Morgan fingerprint density at radius 2 is 2.17 bits per heavy atom. The second kappa shape index (κ2) is 4.98. The van der Waals surface area contributed by atoms with Crippen LogP contribution in [-0.4, -0.2) is 36.0 Å². The van der Waals surface area contributed by atoms with E-state index in [0.717, 1.165) is 0 Å². The van der Waals surface area contributed by atoms with Crippen LogP contribution in [0.25, 0.3) is 0 Å². The molecule has 0 N–H and O–H groups in total. The molecule has 92 valence electrons. The normalized spacial score (nSPS) is 30.7. The average molecular weight is 243 g/mol. The van der Waals surface area contributed by atoms with Gasteiger partial charge in [0.25, 0.3) is 0 Å². The molecule has 2 aliphatic rings. The van der Waals surface area contributed by atoms with Gasteiger partial charge in [0.2, 0.25) is 5.91 Å². The van der Waals surface area contributed by atoms with Crippen LogP contribution in [-0.2, 0) is 14.3 Å². The Bertz CT molecular complexity index is 527. The molecule has 0 saturated carbocycles. The van der Waals surface area contributed by atoms with Crippen molar-refractivity contribution in [2.75, 3.05) is 7.05 Å². The molecular weight excluding hydrogens is 230 g/mol. The highest BCUT2D eigenvalue weighted by Crippen LogP contribution is 2.31. The van der Waals surface area contributed by atoms with Gasteiger partial charge in [-0.3, -0.25) is 9.59 Å². The quantitative estimate of drug-likeness (QED) is 0.379. The highest BCUT2D eigenvalue weighted by Gasteiger charge is 2.49. The summed E-state index contributed by atoms with van der Waals surface area (Å²) >= 11 is 0. The van der Waals surface area contributed by atoms with Gasteiger partial charge in [0, 0.05) is 20.4 Å². The summed E-state index contributed by atoms with van der Waals surface area (Å²) < 4.78 is 5.19. The van der Waals surface area contributed by atoms with Gasteiger partial charge in [0.05, 0.1) is 12.0 Å². The molecule has 0 bridgehead atoms. The summed E-state index contributed by atoms with van der Waals surface area (Å²) in [6.07, 6.45) is 3.13. The molecule has 1 unspecified atom stereocenters. The molecule has 3 atom stereocenters. The number of nitrogens with zero attached hydrogens (tertiary/aromatic N) is 1. The lowest BCUT2D eigenvalue weighted by Gasteiger charge is -2.46. The monoisotopic (exact) mass is 243 g/mol. The van der Waals surface area contributed by atoms with Crippen molar-refractivity contribution in [1.29, 1.82) is 0 Å². The van der Waals surface area contributed by atoms with Crippen molar-refractivity contribution in [3.8, 4) is 23.7 Å². The smallest absolute Gasteiger partial charge is 0.303 e. The van der Waals surface area contributed by atoms with E-state index in [-0.39, 0.29) is 17.9 Å². The van der Waals surface area contributed by atoms with Crippen molar-refractivity contribution in [2.24, 2.45) is 5.92 Å². The Labute approximate surface area is 106 Å². The van der Waals surface area contributed by atoms with Gasteiger partial charge in [0.1, 0.15) is 0 Å². The Morgan fingerprint density at radius 1 is 1.44 bits per heavy atom. The molecule has 0 aromatic carbocycles. The molecule has 2 rings (SSSR count). The van der Waals surface area contributed by atoms with Crippen molar-refractivity contribution in [1.82, 2.24) is 4.90 Å². The van der Waals surface area contributed by atoms with Gasteiger partial charge in [0.15, 0.2) is 6.10 Å². The average Bonchev–Trinajstić information content (AvgIpc) is 2.34. The maximum Gasteiger partial charge on any atom is 0.303 e. The minimum Gasteiger partial charge on any atom is -0.447 e. The van der Waals surface area contributed by atoms with Crippen molar-refractivity contribution in [3.05, 3.63) is 12.2 Å². The van der Waals surface area contributed by atoms with E-state index in [0.29, 0.717) is 6.42 Å². The zero-order valence-electron chi connectivity index (χ0n) is 10.3. The van der Waals surface area contributed by atoms with Crippen molar-refractivity contribution in [2.45, 2.75) is 25.5 Å². The number of carbonyl (C=O) groups is 2. The van der Waals surface area contributed by atoms with E-state index in [9.17, 15) is 9.59 Å². The topological polar surface area (TPSA) is 46.6 Å². The molecule has 0 radical (unpaired) electrons. The summed E-state index contributed by atoms with van der Waals surface area (Å²) in [6.45, 7) is 1.34. The third-order valence-electron chi connectivity index (χ3n) is 3.03. The summed E-state index contributed by atoms with van der Waals surface area (Å²) in [4.78, 5) is 24.4. The second-order valence-corrected chi connectivity index (χ2v) is 4.22. The molecule has 1 amide bonds. The van der Waals surface area contributed by atoms with Crippen LogP contribution in [0.1, 0.15) is 13.3 Å². The fourth-order valence-electron chi connectivity index (χ4n) is 2.17. The zero-order valence-corrected chi connectivity index (χ0v) is 10.3. The van der Waals surface area contributed by atoms with E-state index < -0.39 is 12.1 Å². The van der Waals surface area contributed by atoms with Crippen LogP contribution in [0.15, 0.2) is 12.2 Å². The van der Waals surface area contributed by atoms with Crippen LogP contribution < -0.4 is 0 Å². The highest BCUT2D eigenvalue weighted by molar-refractivity contribution is 5.86. The molecule has 1 aliphatic carbocycles. The number of esters is 1. The molecule has 4 nitrogen and oxygen atoms in total. The molecular formula is C14H13NO3. The van der Waals surface area contributed by atoms with Crippen LogP contribution in [0.4, 0.5) is 0 Å². The summed E-state index contributed by atoms with van der Waals surface area (Å²) in [6, 6.07) is -0.199. The van der Waals surface area contributed by atoms with Crippen molar-refractivity contribution >= 4 is 11.9 Å². The Kier molecular flexibility index (Phi) is 3.39. The Morgan fingerprint density at radius 3 is 2.89 bits per heavy atom. The number of ether oxygens (including phenoxy) is 1. The molecule has 0 spiro atoms. The SMILES string of the molecule is CC(=O)OC1C#C/C=C\C#CC[C@@H]2C(=O)N(C)[C@@H]12. The standard InChI is InChI=1S/C14H13NO3/c1-10(16)18-12-9-7-5-3-4-6-8-11-13(12)15(2)14(11)17/h3,5,11-13H,8H2,1-2H3/b5-3-/t11-,12?,13+/m0/s1. The zero-order chi connectivity index (χ0) is 13.1. The van der Waals surface area contributed by atoms with E-state index in [1.165, 1.54) is 6.92 Å². The molecule has 4 heteroatoms. The number of β-lactam (4-membered cyclic amide) rings is 1. The second-order valence-electron chi connectivity index (χ2n) is 4.22. The number of allylic oxidation sites excluding steroid dienone is 2. The lowest BCUT2D eigenvalue weighted by molar-refractivity contribution is -0.167. The lowest BCUT2D eigenvalue weighted by Crippen LogP contribution is -2.64. The predicted molar refractivity (Wildman–Crippen MR) is 64.9 cm³/mol. The number of likely N-dealkylation sites (N-methyl/N-ethyl adjacent to an activating group) is 1. The highest BCUT2D eigenvalue weighted by atomic mass is 16.5. The minimum absolute atomic E-state index is 0.0257. The third-order valence-corrected chi connectivity index (χ3v) is 3.03. The lowest BCUT2D eigenvalue weighted by atomic mass is 9.82. The Balaban J connectivity index is 2.28. The number of likely N-dealkylation sites (tertiary alicyclic amines) is 1. The van der Waals surface area contributed by atoms with Gasteiger partial charge in [-0.15, -0.1) is 0 Å². The number of amides is 1. The fourth-order valence-corrected chi connectivity index (χ4v) is 2.17. The van der Waals surface area contributed by atoms with E-state index in [2.05, 4.69) is 23.7 Å². The largest absolute Gasteiger partial charge is 0.447 e. The molecule has 1 fully saturated rings. The van der Waals surface area contributed by atoms with Crippen LogP contribution in [0.3, 0.4) is 0 Å². The summed E-state index contributed by atoms with van der Waals surface area (Å²) in [7, 11) is 1.69. The molecule has 1 saturated heterocycles. The van der Waals surface area contributed by atoms with Crippen molar-refractivity contribution < 1.29 is 14.3 Å². The number of hydrogen-bond donors (Lipinski definition) is 0. The molecule has 18 heavy (non-hydrogen) atoms. The van der Waals surface area contributed by atoms with Crippen LogP contribution in [0.5, 0.6) is 0 Å². The first-order valence-electron chi connectivity index (χ1n) is 5.69. The van der Waals surface area contributed by atoms with E-state index in [4.69, 9.17) is 4.74 Å². The maximum atomic E-state index is 11.7. The maximum absolute atomic E-state index is 11.7. The van der Waals surface area contributed by atoms with E-state index in [1.807, 2.05) is 0 Å². The first-order valence-corrected chi connectivity index (χ1v) is 5.69. The van der Waals surface area contributed by atoms with Gasteiger partial charge < -0.3 is 9.64 Å². The molecule has 0 aromatic heterocycles.